The van der Waals surface area contributed by atoms with Crippen molar-refractivity contribution >= 4 is 0 Å². The van der Waals surface area contributed by atoms with Crippen LogP contribution in [-0.2, 0) is 4.74 Å². The number of nitrogens with two attached hydrogens (primary N) is 1. The highest BCUT2D eigenvalue weighted by Gasteiger charge is 2.30. The maximum atomic E-state index is 5.95. The maximum absolute atomic E-state index is 5.95. The molecule has 1 aliphatic rings. The summed E-state index contributed by atoms with van der Waals surface area (Å²) in [5, 5.41) is 0. The maximum Gasteiger partial charge on any atom is 0.0805 e. The van der Waals surface area contributed by atoms with E-state index >= 15 is 0 Å². The molecule has 0 saturated heterocycles. The zero-order chi connectivity index (χ0) is 14.5. The lowest BCUT2D eigenvalue weighted by molar-refractivity contribution is 0.00241. The summed E-state index contributed by atoms with van der Waals surface area (Å²) >= 11 is 0. The average Bonchev–Trinajstić information content (AvgIpc) is 2.38. The van der Waals surface area contributed by atoms with Crippen LogP contribution in [0.4, 0.5) is 0 Å². The van der Waals surface area contributed by atoms with Crippen molar-refractivity contribution in [2.75, 3.05) is 6.61 Å². The summed E-state index contributed by atoms with van der Waals surface area (Å²) in [6, 6.07) is 8.76. The van der Waals surface area contributed by atoms with Gasteiger partial charge in [0.15, 0.2) is 0 Å². The average molecular weight is 276 g/mol. The number of nitrogens with one attached hydrogen (secondary N) is 1. The number of rotatable bonds is 7. The van der Waals surface area contributed by atoms with Gasteiger partial charge in [-0.3, -0.25) is 11.3 Å². The summed E-state index contributed by atoms with van der Waals surface area (Å²) in [6.07, 6.45) is 4.05. The van der Waals surface area contributed by atoms with Crippen LogP contribution in [0.5, 0.6) is 0 Å². The fourth-order valence-electron chi connectivity index (χ4n) is 3.11. The van der Waals surface area contributed by atoms with E-state index in [4.69, 9.17) is 10.6 Å². The van der Waals surface area contributed by atoms with Gasteiger partial charge in [0.2, 0.25) is 0 Å². The first-order valence-electron chi connectivity index (χ1n) is 7.85. The van der Waals surface area contributed by atoms with Gasteiger partial charge in [0.25, 0.3) is 0 Å². The molecule has 0 amide bonds. The van der Waals surface area contributed by atoms with Crippen LogP contribution in [0.15, 0.2) is 24.3 Å². The Balaban J connectivity index is 2.30. The van der Waals surface area contributed by atoms with Crippen molar-refractivity contribution < 1.29 is 4.74 Å². The Morgan fingerprint density at radius 1 is 1.30 bits per heavy atom. The van der Waals surface area contributed by atoms with E-state index in [2.05, 4.69) is 43.5 Å². The molecule has 3 nitrogen and oxygen atoms in total. The molecule has 0 heterocycles. The number of hydrogen-bond acceptors (Lipinski definition) is 3. The molecule has 1 aromatic carbocycles. The first-order chi connectivity index (χ1) is 9.69. The first kappa shape index (κ1) is 15.5. The predicted octanol–water partition coefficient (Wildman–Crippen LogP) is 3.52. The zero-order valence-electron chi connectivity index (χ0n) is 12.9. The minimum absolute atomic E-state index is 0.0618. The van der Waals surface area contributed by atoms with Gasteiger partial charge >= 0.3 is 0 Å². The molecule has 0 spiro atoms. The number of hydrazine groups is 1. The molecule has 1 aliphatic carbocycles. The van der Waals surface area contributed by atoms with Gasteiger partial charge in [0.05, 0.1) is 12.1 Å². The summed E-state index contributed by atoms with van der Waals surface area (Å²) in [6.45, 7) is 7.14. The van der Waals surface area contributed by atoms with Gasteiger partial charge < -0.3 is 4.74 Å². The molecule has 0 aromatic heterocycles. The topological polar surface area (TPSA) is 47.3 Å². The molecule has 0 aliphatic heterocycles. The molecule has 2 atom stereocenters. The first-order valence-corrected chi connectivity index (χ1v) is 7.85. The predicted molar refractivity (Wildman–Crippen MR) is 83.4 cm³/mol. The Bertz CT molecular complexity index is 415. The fraction of sp³-hybridized carbons (Fsp3) is 0.647. The van der Waals surface area contributed by atoms with E-state index in [1.54, 1.807) is 0 Å². The Morgan fingerprint density at radius 3 is 2.50 bits per heavy atom. The van der Waals surface area contributed by atoms with Crippen LogP contribution in [0.2, 0.25) is 0 Å². The van der Waals surface area contributed by atoms with E-state index in [1.807, 2.05) is 6.92 Å². The summed E-state index contributed by atoms with van der Waals surface area (Å²) in [5.41, 5.74) is 5.77. The van der Waals surface area contributed by atoms with E-state index in [0.717, 1.165) is 0 Å². The highest BCUT2D eigenvalue weighted by molar-refractivity contribution is 5.35. The van der Waals surface area contributed by atoms with E-state index in [-0.39, 0.29) is 12.1 Å². The van der Waals surface area contributed by atoms with E-state index < -0.39 is 0 Å². The second kappa shape index (κ2) is 7.21. The molecule has 1 saturated carbocycles. The van der Waals surface area contributed by atoms with Crippen molar-refractivity contribution in [3.8, 4) is 0 Å². The van der Waals surface area contributed by atoms with Gasteiger partial charge in [-0.05, 0) is 42.7 Å². The molecule has 0 bridgehead atoms. The summed E-state index contributed by atoms with van der Waals surface area (Å²) in [7, 11) is 0. The van der Waals surface area contributed by atoms with Crippen molar-refractivity contribution in [1.82, 2.24) is 5.43 Å². The highest BCUT2D eigenvalue weighted by Crippen LogP contribution is 2.40. The fourth-order valence-corrected chi connectivity index (χ4v) is 3.11. The lowest BCUT2D eigenvalue weighted by atomic mass is 9.76. The number of hydrogen-bond donors (Lipinski definition) is 2. The van der Waals surface area contributed by atoms with E-state index in [9.17, 15) is 0 Å². The van der Waals surface area contributed by atoms with Crippen molar-refractivity contribution in [3.05, 3.63) is 35.4 Å². The SMILES string of the molecule is CCOC(C(C)C)C(NN)c1ccccc1C1CCC1. The van der Waals surface area contributed by atoms with Gasteiger partial charge in [-0.25, -0.2) is 0 Å². The monoisotopic (exact) mass is 276 g/mol. The van der Waals surface area contributed by atoms with Crippen molar-refractivity contribution in [3.63, 3.8) is 0 Å². The standard InChI is InChI=1S/C17H28N2O/c1-4-20-17(12(2)3)16(19-18)15-11-6-5-10-14(15)13-8-7-9-13/h5-6,10-13,16-17,19H,4,7-9,18H2,1-3H3. The quantitative estimate of drug-likeness (QED) is 0.591. The molecular weight excluding hydrogens is 248 g/mol. The van der Waals surface area contributed by atoms with Gasteiger partial charge in [-0.15, -0.1) is 0 Å². The minimum atomic E-state index is 0.0618. The van der Waals surface area contributed by atoms with Gasteiger partial charge in [-0.1, -0.05) is 44.5 Å². The van der Waals surface area contributed by atoms with Crippen molar-refractivity contribution in [2.24, 2.45) is 11.8 Å². The highest BCUT2D eigenvalue weighted by atomic mass is 16.5. The van der Waals surface area contributed by atoms with Crippen LogP contribution in [-0.4, -0.2) is 12.7 Å². The molecular formula is C17H28N2O. The Morgan fingerprint density at radius 2 is 2.00 bits per heavy atom. The van der Waals surface area contributed by atoms with Crippen LogP contribution < -0.4 is 11.3 Å². The van der Waals surface area contributed by atoms with Crippen LogP contribution in [0.25, 0.3) is 0 Å². The summed E-state index contributed by atoms with van der Waals surface area (Å²) in [4.78, 5) is 0. The molecule has 2 unspecified atom stereocenters. The molecule has 0 radical (unpaired) electrons. The molecule has 20 heavy (non-hydrogen) atoms. The zero-order valence-corrected chi connectivity index (χ0v) is 12.9. The third kappa shape index (κ3) is 3.22. The Kier molecular flexibility index (Phi) is 5.58. The van der Waals surface area contributed by atoms with Crippen molar-refractivity contribution in [1.29, 1.82) is 0 Å². The molecule has 2 rings (SSSR count). The summed E-state index contributed by atoms with van der Waals surface area (Å²) in [5.74, 6) is 7.00. The molecule has 3 heteroatoms. The van der Waals surface area contributed by atoms with Crippen LogP contribution in [0.1, 0.15) is 63.1 Å². The van der Waals surface area contributed by atoms with Crippen LogP contribution in [0.3, 0.4) is 0 Å². The Hall–Kier alpha value is -0.900. The van der Waals surface area contributed by atoms with Gasteiger partial charge in [0.1, 0.15) is 0 Å². The lowest BCUT2D eigenvalue weighted by Crippen LogP contribution is -2.41. The van der Waals surface area contributed by atoms with Crippen LogP contribution in [0, 0.1) is 5.92 Å². The molecule has 1 aromatic rings. The Labute approximate surface area is 122 Å². The second-order valence-electron chi connectivity index (χ2n) is 6.07. The van der Waals surface area contributed by atoms with Crippen LogP contribution >= 0.6 is 0 Å². The third-order valence-corrected chi connectivity index (χ3v) is 4.40. The molecule has 112 valence electrons. The number of benzene rings is 1. The molecule has 3 N–H and O–H groups in total. The largest absolute Gasteiger partial charge is 0.376 e. The van der Waals surface area contributed by atoms with E-state index in [0.29, 0.717) is 18.4 Å². The molecule has 1 fully saturated rings. The smallest absolute Gasteiger partial charge is 0.0805 e. The number of ether oxygens (including phenoxy) is 1. The summed E-state index contributed by atoms with van der Waals surface area (Å²) < 4.78 is 5.95. The normalized spacial score (nSPS) is 18.9. The van der Waals surface area contributed by atoms with E-state index in [1.165, 1.54) is 30.4 Å². The van der Waals surface area contributed by atoms with Gasteiger partial charge in [-0.2, -0.15) is 0 Å². The van der Waals surface area contributed by atoms with Crippen molar-refractivity contribution in [2.45, 2.75) is 58.1 Å². The third-order valence-electron chi connectivity index (χ3n) is 4.40. The minimum Gasteiger partial charge on any atom is -0.376 e. The lowest BCUT2D eigenvalue weighted by Gasteiger charge is -2.34. The second-order valence-corrected chi connectivity index (χ2v) is 6.07. The van der Waals surface area contributed by atoms with Gasteiger partial charge in [0, 0.05) is 6.61 Å².